The summed E-state index contributed by atoms with van der Waals surface area (Å²) in [6.45, 7) is 9.63. The van der Waals surface area contributed by atoms with Gasteiger partial charge in [0.1, 0.15) is 17.1 Å². The Kier molecular flexibility index (Phi) is 6.62. The van der Waals surface area contributed by atoms with Gasteiger partial charge < -0.3 is 13.9 Å². The van der Waals surface area contributed by atoms with Crippen molar-refractivity contribution in [2.45, 2.75) is 46.2 Å². The Morgan fingerprint density at radius 2 is 1.46 bits per heavy atom. The van der Waals surface area contributed by atoms with E-state index < -0.39 is 34.7 Å². The van der Waals surface area contributed by atoms with E-state index in [1.165, 1.54) is 24.3 Å². The van der Waals surface area contributed by atoms with E-state index in [-0.39, 0.29) is 27.9 Å². The molecule has 3 aromatic carbocycles. The lowest BCUT2D eigenvalue weighted by Crippen LogP contribution is -2.16. The number of benzene rings is 3. The summed E-state index contributed by atoms with van der Waals surface area (Å²) in [6, 6.07) is 15.3. The first kappa shape index (κ1) is 26.0. The lowest BCUT2D eigenvalue weighted by molar-refractivity contribution is -0.154. The molecule has 0 amide bonds. The molecule has 0 atom stereocenters. The third kappa shape index (κ3) is 5.69. The molecule has 1 heterocycles. The Morgan fingerprint density at radius 1 is 0.838 bits per heavy atom. The Balaban J connectivity index is 1.70. The van der Waals surface area contributed by atoms with Gasteiger partial charge in [-0.3, -0.25) is 4.79 Å². The fourth-order valence-electron chi connectivity index (χ4n) is 3.88. The van der Waals surface area contributed by atoms with Gasteiger partial charge >= 0.3 is 12.1 Å². The van der Waals surface area contributed by atoms with Gasteiger partial charge in [-0.2, -0.15) is 13.2 Å². The Bertz CT molecular complexity index is 1520. The largest absolute Gasteiger partial charge is 0.453 e. The molecule has 0 fully saturated rings. The number of hydrogen-bond donors (Lipinski definition) is 0. The van der Waals surface area contributed by atoms with E-state index in [2.05, 4.69) is 0 Å². The smallest absolute Gasteiger partial charge is 0.449 e. The first-order valence-electron chi connectivity index (χ1n) is 11.5. The third-order valence-electron chi connectivity index (χ3n) is 5.69. The third-order valence-corrected chi connectivity index (χ3v) is 5.69. The molecular formula is C29H25F3O5. The van der Waals surface area contributed by atoms with Gasteiger partial charge in [0.25, 0.3) is 5.76 Å². The predicted octanol–water partition coefficient (Wildman–Crippen LogP) is 7.74. The predicted molar refractivity (Wildman–Crippen MR) is 134 cm³/mol. The average Bonchev–Trinajstić information content (AvgIpc) is 2.79. The molecule has 0 bridgehead atoms. The zero-order valence-corrected chi connectivity index (χ0v) is 20.9. The molecule has 0 saturated heterocycles. The maximum absolute atomic E-state index is 13.9. The van der Waals surface area contributed by atoms with E-state index in [1.54, 1.807) is 26.0 Å². The van der Waals surface area contributed by atoms with E-state index >= 15 is 0 Å². The molecule has 0 unspecified atom stereocenters. The number of esters is 1. The van der Waals surface area contributed by atoms with Crippen molar-refractivity contribution >= 4 is 16.9 Å². The van der Waals surface area contributed by atoms with Gasteiger partial charge in [-0.1, -0.05) is 39.0 Å². The van der Waals surface area contributed by atoms with Crippen molar-refractivity contribution in [2.24, 2.45) is 0 Å². The van der Waals surface area contributed by atoms with Crippen LogP contribution in [-0.2, 0) is 11.6 Å². The minimum atomic E-state index is -5.01. The van der Waals surface area contributed by atoms with Crippen LogP contribution in [0, 0.1) is 13.8 Å². The maximum atomic E-state index is 13.9. The highest BCUT2D eigenvalue weighted by Crippen LogP contribution is 2.39. The minimum absolute atomic E-state index is 0.0725. The Hall–Kier alpha value is -4.07. The number of halogens is 3. The number of ether oxygens (including phenoxy) is 2. The lowest BCUT2D eigenvalue weighted by Gasteiger charge is -2.18. The average molecular weight is 511 g/mol. The molecule has 0 aliphatic rings. The molecule has 0 saturated carbocycles. The van der Waals surface area contributed by atoms with Crippen molar-refractivity contribution in [1.82, 2.24) is 0 Å². The van der Waals surface area contributed by atoms with Crippen LogP contribution in [0.4, 0.5) is 13.2 Å². The monoisotopic (exact) mass is 510 g/mol. The van der Waals surface area contributed by atoms with Crippen LogP contribution in [0.5, 0.6) is 17.2 Å². The van der Waals surface area contributed by atoms with Gasteiger partial charge in [-0.15, -0.1) is 0 Å². The SMILES string of the molecule is Cc1cc(C)cc(Oc2c(C(F)(F)F)oc3cc(OC(=O)c4ccc(C(C)(C)C)cc4)ccc3c2=O)c1. The van der Waals surface area contributed by atoms with Crippen molar-refractivity contribution < 1.29 is 31.9 Å². The molecule has 0 spiro atoms. The number of aryl methyl sites for hydroxylation is 2. The fourth-order valence-corrected chi connectivity index (χ4v) is 3.88. The van der Waals surface area contributed by atoms with Gasteiger partial charge in [0.2, 0.25) is 11.2 Å². The van der Waals surface area contributed by atoms with Gasteiger partial charge in [0.15, 0.2) is 0 Å². The summed E-state index contributed by atoms with van der Waals surface area (Å²) in [5.74, 6) is -3.23. The highest BCUT2D eigenvalue weighted by Gasteiger charge is 2.40. The van der Waals surface area contributed by atoms with Crippen LogP contribution < -0.4 is 14.9 Å². The van der Waals surface area contributed by atoms with E-state index in [4.69, 9.17) is 13.9 Å². The Morgan fingerprint density at radius 3 is 2.03 bits per heavy atom. The Labute approximate surface area is 211 Å². The summed E-state index contributed by atoms with van der Waals surface area (Å²) in [5.41, 5.74) is 1.32. The molecule has 8 heteroatoms. The summed E-state index contributed by atoms with van der Waals surface area (Å²) in [5, 5.41) is -0.151. The highest BCUT2D eigenvalue weighted by molar-refractivity contribution is 5.91. The van der Waals surface area contributed by atoms with Crippen molar-refractivity contribution in [3.63, 3.8) is 0 Å². The zero-order valence-electron chi connectivity index (χ0n) is 20.9. The lowest BCUT2D eigenvalue weighted by atomic mass is 9.87. The molecule has 37 heavy (non-hydrogen) atoms. The summed E-state index contributed by atoms with van der Waals surface area (Å²) in [4.78, 5) is 25.6. The number of hydrogen-bond acceptors (Lipinski definition) is 5. The molecule has 0 aliphatic carbocycles. The first-order chi connectivity index (χ1) is 17.2. The molecule has 4 aromatic rings. The normalized spacial score (nSPS) is 12.0. The molecule has 1 aromatic heterocycles. The molecule has 0 N–H and O–H groups in total. The van der Waals surface area contributed by atoms with E-state index in [0.717, 1.165) is 22.8 Å². The quantitative estimate of drug-likeness (QED) is 0.208. The maximum Gasteiger partial charge on any atom is 0.453 e. The van der Waals surface area contributed by atoms with E-state index in [9.17, 15) is 22.8 Å². The van der Waals surface area contributed by atoms with Crippen molar-refractivity contribution in [2.75, 3.05) is 0 Å². The van der Waals surface area contributed by atoms with Gasteiger partial charge in [-0.05, 0) is 72.4 Å². The molecular weight excluding hydrogens is 485 g/mol. The van der Waals surface area contributed by atoms with Crippen molar-refractivity contribution in [3.8, 4) is 17.2 Å². The highest BCUT2D eigenvalue weighted by atomic mass is 19.4. The zero-order chi connectivity index (χ0) is 27.1. The van der Waals surface area contributed by atoms with Gasteiger partial charge in [0.05, 0.1) is 10.9 Å². The number of carbonyl (C=O) groups excluding carboxylic acids is 1. The van der Waals surface area contributed by atoms with Crippen LogP contribution in [0.15, 0.2) is 69.9 Å². The molecule has 192 valence electrons. The van der Waals surface area contributed by atoms with Crippen LogP contribution in [0.25, 0.3) is 11.0 Å². The van der Waals surface area contributed by atoms with Crippen molar-refractivity contribution in [1.29, 1.82) is 0 Å². The summed E-state index contributed by atoms with van der Waals surface area (Å²) >= 11 is 0. The van der Waals surface area contributed by atoms with Crippen LogP contribution in [-0.4, -0.2) is 5.97 Å². The topological polar surface area (TPSA) is 65.7 Å². The standard InChI is InChI=1S/C29H25F3O5/c1-16-12-17(2)14-21(13-16)35-25-24(33)22-11-10-20(15-23(22)37-26(25)29(30,31)32)36-27(34)18-6-8-19(9-7-18)28(3,4)5/h6-15H,1-5H3. The minimum Gasteiger partial charge on any atom is -0.449 e. The second kappa shape index (κ2) is 9.42. The van der Waals surface area contributed by atoms with Crippen LogP contribution in [0.2, 0.25) is 0 Å². The summed E-state index contributed by atoms with van der Waals surface area (Å²) in [7, 11) is 0. The number of rotatable bonds is 4. The molecule has 0 radical (unpaired) electrons. The first-order valence-corrected chi connectivity index (χ1v) is 11.5. The van der Waals surface area contributed by atoms with E-state index in [1.807, 2.05) is 39.0 Å². The number of carbonyl (C=O) groups is 1. The molecule has 0 aliphatic heterocycles. The molecule has 5 nitrogen and oxygen atoms in total. The van der Waals surface area contributed by atoms with E-state index in [0.29, 0.717) is 0 Å². The number of alkyl halides is 3. The van der Waals surface area contributed by atoms with Gasteiger partial charge in [-0.25, -0.2) is 4.79 Å². The van der Waals surface area contributed by atoms with Crippen LogP contribution in [0.3, 0.4) is 0 Å². The second-order valence-electron chi connectivity index (χ2n) is 9.89. The molecule has 4 rings (SSSR count). The summed E-state index contributed by atoms with van der Waals surface area (Å²) < 4.78 is 57.5. The summed E-state index contributed by atoms with van der Waals surface area (Å²) in [6.07, 6.45) is -5.01. The number of fused-ring (bicyclic) bond motifs is 1. The fraction of sp³-hybridized carbons (Fsp3) is 0.241. The van der Waals surface area contributed by atoms with Crippen LogP contribution >= 0.6 is 0 Å². The van der Waals surface area contributed by atoms with Crippen molar-refractivity contribution in [3.05, 3.63) is 98.9 Å². The van der Waals surface area contributed by atoms with Gasteiger partial charge in [0, 0.05) is 6.07 Å². The van der Waals surface area contributed by atoms with Crippen LogP contribution in [0.1, 0.15) is 53.6 Å². The second-order valence-corrected chi connectivity index (χ2v) is 9.89.